The first-order chi connectivity index (χ1) is 18.4. The van der Waals surface area contributed by atoms with Crippen LogP contribution in [0.2, 0.25) is 0 Å². The van der Waals surface area contributed by atoms with Gasteiger partial charge in [-0.15, -0.1) is 0 Å². The van der Waals surface area contributed by atoms with Crippen LogP contribution in [0.5, 0.6) is 0 Å². The highest BCUT2D eigenvalue weighted by molar-refractivity contribution is 6.05. The van der Waals surface area contributed by atoms with Crippen molar-refractivity contribution in [1.29, 1.82) is 0 Å². The Labute approximate surface area is 224 Å². The minimum Gasteiger partial charge on any atom is -0.392 e. The van der Waals surface area contributed by atoms with E-state index in [9.17, 15) is 14.7 Å². The number of carbonyl (C=O) groups is 2. The molecule has 0 saturated heterocycles. The quantitative estimate of drug-likeness (QED) is 0.195. The Balaban J connectivity index is 1.84. The maximum absolute atomic E-state index is 13.1. The van der Waals surface area contributed by atoms with Gasteiger partial charge in [0.1, 0.15) is 5.70 Å². The molecule has 3 aromatic carbocycles. The van der Waals surface area contributed by atoms with Crippen LogP contribution in [-0.4, -0.2) is 36.2 Å². The summed E-state index contributed by atoms with van der Waals surface area (Å²) in [5.74, 6) is -0.934. The fourth-order valence-electron chi connectivity index (χ4n) is 4.24. The molecule has 0 radical (unpaired) electrons. The number of benzene rings is 3. The number of aryl methyl sites for hydroxylation is 2. The monoisotopic (exact) mass is 512 g/mol. The topological polar surface area (TPSA) is 94.0 Å². The Bertz CT molecular complexity index is 1290. The van der Waals surface area contributed by atoms with Crippen LogP contribution in [0.4, 0.5) is 5.69 Å². The summed E-state index contributed by atoms with van der Waals surface area (Å²) in [5.41, 5.74) is 8.62. The van der Waals surface area contributed by atoms with Gasteiger partial charge in [-0.1, -0.05) is 43.3 Å². The van der Waals surface area contributed by atoms with Gasteiger partial charge < -0.3 is 15.3 Å². The molecule has 0 spiro atoms. The molecule has 0 heterocycles. The molecular weight excluding hydrogens is 476 g/mol. The van der Waals surface area contributed by atoms with Crippen molar-refractivity contribution in [2.75, 3.05) is 18.0 Å². The fraction of sp³-hybridized carbons (Fsp3) is 0.258. The lowest BCUT2D eigenvalue weighted by atomic mass is 9.97. The number of hydrogen-bond acceptors (Lipinski definition) is 5. The minimum atomic E-state index is -0.544. The van der Waals surface area contributed by atoms with Crippen molar-refractivity contribution in [3.05, 3.63) is 106 Å². The van der Waals surface area contributed by atoms with Crippen molar-refractivity contribution in [2.24, 2.45) is 5.10 Å². The molecule has 0 aliphatic rings. The van der Waals surface area contributed by atoms with E-state index >= 15 is 0 Å². The van der Waals surface area contributed by atoms with Gasteiger partial charge in [0.15, 0.2) is 0 Å². The summed E-state index contributed by atoms with van der Waals surface area (Å²) < 4.78 is 0. The number of amides is 2. The lowest BCUT2D eigenvalue weighted by Gasteiger charge is -2.21. The predicted molar refractivity (Wildman–Crippen MR) is 154 cm³/mol. The number of nitrogens with zero attached hydrogens (tertiary/aromatic N) is 2. The Morgan fingerprint density at radius 3 is 2.24 bits per heavy atom. The SMILES string of the molecule is CCc1cc(/C=N/NC(=O)/C(=C\c2ccc(N(CC)CC)cc2)NC(=O)c2ccccc2)cc(C)c1CO. The molecule has 7 nitrogen and oxygen atoms in total. The first kappa shape index (κ1) is 28.3. The first-order valence-electron chi connectivity index (χ1n) is 12.9. The number of nitrogens with one attached hydrogen (secondary N) is 2. The number of aliphatic hydroxyl groups excluding tert-OH is 1. The highest BCUT2D eigenvalue weighted by Gasteiger charge is 2.15. The van der Waals surface area contributed by atoms with Gasteiger partial charge in [0.05, 0.1) is 12.8 Å². The summed E-state index contributed by atoms with van der Waals surface area (Å²) >= 11 is 0. The van der Waals surface area contributed by atoms with Gasteiger partial charge in [-0.25, -0.2) is 5.43 Å². The van der Waals surface area contributed by atoms with Crippen molar-refractivity contribution in [3.63, 3.8) is 0 Å². The summed E-state index contributed by atoms with van der Waals surface area (Å²) in [6, 6.07) is 20.4. The maximum Gasteiger partial charge on any atom is 0.287 e. The third kappa shape index (κ3) is 7.40. The number of carbonyl (C=O) groups excluding carboxylic acids is 2. The summed E-state index contributed by atoms with van der Waals surface area (Å²) in [5, 5.41) is 16.5. The van der Waals surface area contributed by atoms with Crippen molar-refractivity contribution in [1.82, 2.24) is 10.7 Å². The average Bonchev–Trinajstić information content (AvgIpc) is 2.94. The van der Waals surface area contributed by atoms with E-state index in [2.05, 4.69) is 34.6 Å². The average molecular weight is 513 g/mol. The Morgan fingerprint density at radius 2 is 1.63 bits per heavy atom. The molecule has 0 unspecified atom stereocenters. The minimum absolute atomic E-state index is 0.0195. The molecule has 0 aliphatic heterocycles. The molecule has 3 rings (SSSR count). The molecular formula is C31H36N4O3. The third-order valence-electron chi connectivity index (χ3n) is 6.37. The number of hydrazone groups is 1. The zero-order chi connectivity index (χ0) is 27.5. The number of anilines is 1. The summed E-state index contributed by atoms with van der Waals surface area (Å²) in [7, 11) is 0. The second-order valence-electron chi connectivity index (χ2n) is 8.83. The number of aliphatic hydroxyl groups is 1. The van der Waals surface area contributed by atoms with Gasteiger partial charge in [-0.3, -0.25) is 9.59 Å². The lowest BCUT2D eigenvalue weighted by molar-refractivity contribution is -0.117. The lowest BCUT2D eigenvalue weighted by Crippen LogP contribution is -2.32. The molecule has 3 aromatic rings. The number of rotatable bonds is 11. The maximum atomic E-state index is 13.1. The molecule has 0 fully saturated rings. The molecule has 2 amide bonds. The zero-order valence-corrected chi connectivity index (χ0v) is 22.5. The zero-order valence-electron chi connectivity index (χ0n) is 22.5. The van der Waals surface area contributed by atoms with Crippen molar-refractivity contribution >= 4 is 29.8 Å². The molecule has 3 N–H and O–H groups in total. The van der Waals surface area contributed by atoms with Crippen LogP contribution in [-0.2, 0) is 17.8 Å². The molecule has 38 heavy (non-hydrogen) atoms. The normalized spacial score (nSPS) is 11.4. The van der Waals surface area contributed by atoms with E-state index in [-0.39, 0.29) is 12.3 Å². The van der Waals surface area contributed by atoms with Gasteiger partial charge in [0.2, 0.25) is 0 Å². The standard InChI is InChI=1S/C31H36N4O3/c1-5-25-18-24(17-22(4)28(25)21-36)20-32-34-31(38)29(33-30(37)26-11-9-8-10-12-26)19-23-13-15-27(16-14-23)35(6-2)7-3/h8-20,36H,5-7,21H2,1-4H3,(H,33,37)(H,34,38)/b29-19+,32-20+. The van der Waals surface area contributed by atoms with Gasteiger partial charge >= 0.3 is 0 Å². The van der Waals surface area contributed by atoms with Crippen LogP contribution in [0, 0.1) is 6.92 Å². The molecule has 7 heteroatoms. The Kier molecular flexibility index (Phi) is 10.4. The van der Waals surface area contributed by atoms with Gasteiger partial charge in [0.25, 0.3) is 11.8 Å². The smallest absolute Gasteiger partial charge is 0.287 e. The van der Waals surface area contributed by atoms with Crippen molar-refractivity contribution in [3.8, 4) is 0 Å². The number of hydrogen-bond donors (Lipinski definition) is 3. The van der Waals surface area contributed by atoms with E-state index < -0.39 is 11.8 Å². The fourth-order valence-corrected chi connectivity index (χ4v) is 4.24. The molecule has 0 saturated carbocycles. The van der Waals surface area contributed by atoms with E-state index in [4.69, 9.17) is 0 Å². The van der Waals surface area contributed by atoms with E-state index in [0.29, 0.717) is 5.56 Å². The first-order valence-corrected chi connectivity index (χ1v) is 12.9. The van der Waals surface area contributed by atoms with Crippen LogP contribution in [0.1, 0.15) is 58.9 Å². The summed E-state index contributed by atoms with van der Waals surface area (Å²) in [4.78, 5) is 28.2. The highest BCUT2D eigenvalue weighted by atomic mass is 16.3. The largest absolute Gasteiger partial charge is 0.392 e. The van der Waals surface area contributed by atoms with Crippen LogP contribution in [0.25, 0.3) is 6.08 Å². The van der Waals surface area contributed by atoms with E-state index in [1.807, 2.05) is 56.3 Å². The predicted octanol–water partition coefficient (Wildman–Crippen LogP) is 4.82. The molecule has 198 valence electrons. The highest BCUT2D eigenvalue weighted by Crippen LogP contribution is 2.18. The van der Waals surface area contributed by atoms with Crippen molar-refractivity contribution in [2.45, 2.75) is 40.7 Å². The van der Waals surface area contributed by atoms with E-state index in [0.717, 1.165) is 53.0 Å². The molecule has 0 bridgehead atoms. The molecule has 0 aliphatic carbocycles. The summed E-state index contributed by atoms with van der Waals surface area (Å²) in [6.07, 6.45) is 3.96. The van der Waals surface area contributed by atoms with Crippen molar-refractivity contribution < 1.29 is 14.7 Å². The summed E-state index contributed by atoms with van der Waals surface area (Å²) in [6.45, 7) is 9.94. The van der Waals surface area contributed by atoms with E-state index in [1.54, 1.807) is 36.6 Å². The van der Waals surface area contributed by atoms with Gasteiger partial charge in [0, 0.05) is 24.3 Å². The third-order valence-corrected chi connectivity index (χ3v) is 6.37. The van der Waals surface area contributed by atoms with Crippen LogP contribution in [0.15, 0.2) is 77.5 Å². The van der Waals surface area contributed by atoms with E-state index in [1.165, 1.54) is 0 Å². The molecule has 0 atom stereocenters. The molecule has 0 aromatic heterocycles. The van der Waals surface area contributed by atoms with Crippen LogP contribution in [0.3, 0.4) is 0 Å². The second kappa shape index (κ2) is 13.9. The second-order valence-corrected chi connectivity index (χ2v) is 8.83. The van der Waals surface area contributed by atoms with Gasteiger partial charge in [-0.05, 0) is 91.4 Å². The van der Waals surface area contributed by atoms with Crippen LogP contribution >= 0.6 is 0 Å². The Hall–Kier alpha value is -4.23. The van der Waals surface area contributed by atoms with Gasteiger partial charge in [-0.2, -0.15) is 5.10 Å². The Morgan fingerprint density at radius 1 is 0.947 bits per heavy atom. The van der Waals surface area contributed by atoms with Crippen LogP contribution < -0.4 is 15.6 Å².